The van der Waals surface area contributed by atoms with Gasteiger partial charge < -0.3 is 9.72 Å². The quantitative estimate of drug-likeness (QED) is 0.207. The molecule has 3 aromatic heterocycles. The number of carbonyl (C=O) groups is 1. The van der Waals surface area contributed by atoms with Crippen LogP contribution in [0, 0.1) is 0 Å². The van der Waals surface area contributed by atoms with Gasteiger partial charge >= 0.3 is 0 Å². The van der Waals surface area contributed by atoms with Crippen molar-refractivity contribution in [3.05, 3.63) is 53.6 Å². The van der Waals surface area contributed by atoms with Crippen molar-refractivity contribution in [3.63, 3.8) is 0 Å². The van der Waals surface area contributed by atoms with Crippen LogP contribution in [0.3, 0.4) is 0 Å². The molecule has 1 amide bonds. The lowest BCUT2D eigenvalue weighted by molar-refractivity contribution is -0.122. The highest BCUT2D eigenvalue weighted by atomic mass is 28.3. The number of aromatic nitrogens is 5. The van der Waals surface area contributed by atoms with Crippen LogP contribution in [0.2, 0.25) is 25.7 Å². The van der Waals surface area contributed by atoms with Crippen molar-refractivity contribution in [2.24, 2.45) is 0 Å². The van der Waals surface area contributed by atoms with Gasteiger partial charge in [-0.3, -0.25) is 14.7 Å². The summed E-state index contributed by atoms with van der Waals surface area (Å²) in [5, 5.41) is 6.14. The molecule has 39 heavy (non-hydrogen) atoms. The van der Waals surface area contributed by atoms with Gasteiger partial charge in [0.1, 0.15) is 12.4 Å². The van der Waals surface area contributed by atoms with E-state index in [1.54, 1.807) is 23.5 Å². The molecule has 1 aromatic carbocycles. The third kappa shape index (κ3) is 4.32. The van der Waals surface area contributed by atoms with Crippen LogP contribution in [0.5, 0.6) is 0 Å². The second-order valence-electron chi connectivity index (χ2n) is 12.1. The van der Waals surface area contributed by atoms with E-state index in [9.17, 15) is 4.79 Å². The fraction of sp³-hybridized carbons (Fsp3) is 0.467. The van der Waals surface area contributed by atoms with Crippen molar-refractivity contribution in [2.45, 2.75) is 83.8 Å². The van der Waals surface area contributed by atoms with E-state index in [2.05, 4.69) is 66.8 Å². The average molecular weight is 543 g/mol. The molecule has 9 heteroatoms. The molecule has 2 aliphatic rings. The minimum atomic E-state index is -1.12. The molecule has 0 spiro atoms. The van der Waals surface area contributed by atoms with Crippen molar-refractivity contribution in [3.8, 4) is 11.4 Å². The van der Waals surface area contributed by atoms with Crippen LogP contribution in [0.15, 0.2) is 36.9 Å². The Hall–Kier alpha value is -3.30. The van der Waals surface area contributed by atoms with Gasteiger partial charge in [-0.15, -0.1) is 0 Å². The summed E-state index contributed by atoms with van der Waals surface area (Å²) in [7, 11) is -1.12. The molecule has 4 heterocycles. The van der Waals surface area contributed by atoms with E-state index in [1.807, 2.05) is 4.68 Å². The number of hydrogen-bond acceptors (Lipinski definition) is 5. The molecular formula is C30H38N6O2Si. The molecule has 204 valence electrons. The van der Waals surface area contributed by atoms with Crippen molar-refractivity contribution in [1.82, 2.24) is 24.7 Å². The number of amides is 1. The van der Waals surface area contributed by atoms with Crippen LogP contribution >= 0.6 is 0 Å². The number of H-pyrrole nitrogens is 1. The first-order valence-electron chi connectivity index (χ1n) is 14.2. The number of hydrogen-bond donors (Lipinski definition) is 1. The summed E-state index contributed by atoms with van der Waals surface area (Å²) in [5.41, 5.74) is 7.11. The molecule has 4 aromatic rings. The molecule has 0 unspecified atom stereocenters. The van der Waals surface area contributed by atoms with Crippen LogP contribution in [-0.4, -0.2) is 45.3 Å². The third-order valence-electron chi connectivity index (χ3n) is 8.54. The zero-order valence-corrected chi connectivity index (χ0v) is 24.7. The Kier molecular flexibility index (Phi) is 6.46. The van der Waals surface area contributed by atoms with Gasteiger partial charge in [-0.1, -0.05) is 33.5 Å². The SMILES string of the molecule is CCC1(CC)C(=O)N(c2cnccn2)c2cc3c4c([nH]c3cc21)-c1nn(COCC[Si](C)(C)C)cc1CCC4. The number of nitrogens with zero attached hydrogens (tertiary/aromatic N) is 5. The lowest BCUT2D eigenvalue weighted by atomic mass is 9.76. The lowest BCUT2D eigenvalue weighted by Gasteiger charge is -2.25. The number of anilines is 2. The number of aryl methyl sites for hydroxylation is 2. The van der Waals surface area contributed by atoms with Crippen molar-refractivity contribution < 1.29 is 9.53 Å². The maximum atomic E-state index is 13.9. The Morgan fingerprint density at radius 3 is 2.67 bits per heavy atom. The van der Waals surface area contributed by atoms with Gasteiger partial charge in [0.05, 0.1) is 23.0 Å². The number of benzene rings is 1. The molecule has 8 nitrogen and oxygen atoms in total. The Morgan fingerprint density at radius 2 is 1.95 bits per heavy atom. The van der Waals surface area contributed by atoms with Crippen LogP contribution in [0.25, 0.3) is 22.3 Å². The number of nitrogens with one attached hydrogen (secondary N) is 1. The molecule has 0 saturated heterocycles. The first-order chi connectivity index (χ1) is 18.8. The van der Waals surface area contributed by atoms with E-state index in [1.165, 1.54) is 11.1 Å². The Labute approximate surface area is 230 Å². The highest BCUT2D eigenvalue weighted by molar-refractivity contribution is 6.76. The number of carbonyl (C=O) groups excluding carboxylic acids is 1. The summed E-state index contributed by atoms with van der Waals surface area (Å²) >= 11 is 0. The highest BCUT2D eigenvalue weighted by Crippen LogP contribution is 2.51. The standard InChI is InChI=1S/C30H38N6O2Si/c1-6-30(7-2)23-16-24-22(15-25(23)36(29(30)37)26-17-31-11-12-32-26)21-10-8-9-20-18-35(34-27(20)28(21)33-24)19-38-13-14-39(3,4)5/h11-12,15-18,33H,6-10,13-14,19H2,1-5H3. The van der Waals surface area contributed by atoms with Crippen molar-refractivity contribution >= 4 is 36.4 Å². The van der Waals surface area contributed by atoms with Crippen LogP contribution in [0.1, 0.15) is 49.8 Å². The summed E-state index contributed by atoms with van der Waals surface area (Å²) in [6.07, 6.45) is 11.6. The largest absolute Gasteiger partial charge is 0.360 e. The molecule has 1 aliphatic heterocycles. The second-order valence-corrected chi connectivity index (χ2v) is 17.8. The van der Waals surface area contributed by atoms with E-state index >= 15 is 0 Å². The Balaban J connectivity index is 1.42. The van der Waals surface area contributed by atoms with Gasteiger partial charge in [-0.2, -0.15) is 5.10 Å². The fourth-order valence-corrected chi connectivity index (χ4v) is 6.99. The molecule has 6 rings (SSSR count). The Bertz CT molecular complexity index is 1530. The van der Waals surface area contributed by atoms with Gasteiger partial charge in [0, 0.05) is 44.2 Å². The van der Waals surface area contributed by atoms with Gasteiger partial charge in [0.25, 0.3) is 0 Å². The number of aromatic amines is 1. The monoisotopic (exact) mass is 542 g/mol. The van der Waals surface area contributed by atoms with E-state index in [4.69, 9.17) is 9.84 Å². The molecular weight excluding hydrogens is 504 g/mol. The van der Waals surface area contributed by atoms with Gasteiger partial charge in [-0.25, -0.2) is 9.67 Å². The molecule has 0 atom stereocenters. The van der Waals surface area contributed by atoms with Crippen molar-refractivity contribution in [1.29, 1.82) is 0 Å². The van der Waals surface area contributed by atoms with Crippen LogP contribution in [-0.2, 0) is 34.5 Å². The summed E-state index contributed by atoms with van der Waals surface area (Å²) < 4.78 is 7.94. The third-order valence-corrected chi connectivity index (χ3v) is 10.2. The summed E-state index contributed by atoms with van der Waals surface area (Å²) in [5.74, 6) is 0.653. The van der Waals surface area contributed by atoms with Crippen molar-refractivity contribution in [2.75, 3.05) is 11.5 Å². The van der Waals surface area contributed by atoms with Crippen LogP contribution in [0.4, 0.5) is 11.5 Å². The van der Waals surface area contributed by atoms with Gasteiger partial charge in [-0.05, 0) is 67.0 Å². The minimum absolute atomic E-state index is 0.0805. The lowest BCUT2D eigenvalue weighted by Crippen LogP contribution is -2.37. The summed E-state index contributed by atoms with van der Waals surface area (Å²) in [4.78, 5) is 28.2. The van der Waals surface area contributed by atoms with E-state index < -0.39 is 13.5 Å². The summed E-state index contributed by atoms with van der Waals surface area (Å²) in [6.45, 7) is 12.6. The number of rotatable bonds is 8. The number of fused-ring (bicyclic) bond motifs is 6. The molecule has 0 radical (unpaired) electrons. The first kappa shape index (κ1) is 25.9. The zero-order valence-electron chi connectivity index (χ0n) is 23.7. The highest BCUT2D eigenvalue weighted by Gasteiger charge is 2.50. The fourth-order valence-electron chi connectivity index (χ4n) is 6.24. The van der Waals surface area contributed by atoms with E-state index in [0.717, 1.165) is 78.3 Å². The van der Waals surface area contributed by atoms with E-state index in [0.29, 0.717) is 12.5 Å². The zero-order chi connectivity index (χ0) is 27.4. The molecule has 1 aliphatic carbocycles. The molecule has 0 fully saturated rings. The minimum Gasteiger partial charge on any atom is -0.360 e. The average Bonchev–Trinajstić information content (AvgIpc) is 3.52. The predicted molar refractivity (Wildman–Crippen MR) is 157 cm³/mol. The summed E-state index contributed by atoms with van der Waals surface area (Å²) in [6, 6.07) is 5.55. The maximum Gasteiger partial charge on any atom is 0.243 e. The number of ether oxygens (including phenoxy) is 1. The topological polar surface area (TPSA) is 88.9 Å². The normalized spacial score (nSPS) is 16.3. The smallest absolute Gasteiger partial charge is 0.243 e. The second kappa shape index (κ2) is 9.71. The Morgan fingerprint density at radius 1 is 1.13 bits per heavy atom. The molecule has 0 saturated carbocycles. The molecule has 1 N–H and O–H groups in total. The van der Waals surface area contributed by atoms with Gasteiger partial charge in [0.2, 0.25) is 5.91 Å². The first-order valence-corrected chi connectivity index (χ1v) is 17.9. The predicted octanol–water partition coefficient (Wildman–Crippen LogP) is 6.36. The van der Waals surface area contributed by atoms with E-state index in [-0.39, 0.29) is 5.91 Å². The van der Waals surface area contributed by atoms with Gasteiger partial charge in [0.15, 0.2) is 5.82 Å². The molecule has 0 bridgehead atoms. The maximum absolute atomic E-state index is 13.9. The van der Waals surface area contributed by atoms with Crippen LogP contribution < -0.4 is 4.90 Å².